The van der Waals surface area contributed by atoms with E-state index in [0.717, 1.165) is 68.7 Å². The maximum absolute atomic E-state index is 12.9. The van der Waals surface area contributed by atoms with Crippen LogP contribution in [0.25, 0.3) is 0 Å². The number of piperidine rings is 2. The van der Waals surface area contributed by atoms with Gasteiger partial charge in [0, 0.05) is 29.3 Å². The molecule has 0 spiro atoms. The third kappa shape index (κ3) is 5.69. The minimum absolute atomic E-state index is 0.142. The van der Waals surface area contributed by atoms with Gasteiger partial charge in [-0.05, 0) is 76.2 Å². The molecule has 2 saturated heterocycles. The molecule has 0 aromatic carbocycles. The highest BCUT2D eigenvalue weighted by Crippen LogP contribution is 2.29. The van der Waals surface area contributed by atoms with Crippen LogP contribution in [0.1, 0.15) is 54.2 Å². The van der Waals surface area contributed by atoms with Crippen molar-refractivity contribution in [2.75, 3.05) is 32.7 Å². The molecule has 0 bridgehead atoms. The van der Waals surface area contributed by atoms with Crippen molar-refractivity contribution < 1.29 is 4.79 Å². The second-order valence-corrected chi connectivity index (χ2v) is 10.9. The summed E-state index contributed by atoms with van der Waals surface area (Å²) in [7, 11) is 0. The molecule has 30 heavy (non-hydrogen) atoms. The Hall–Kier alpha value is -1.28. The van der Waals surface area contributed by atoms with Gasteiger partial charge in [0.25, 0.3) is 0 Å². The Morgan fingerprint density at radius 3 is 2.60 bits per heavy atom. The summed E-state index contributed by atoms with van der Waals surface area (Å²) in [5, 5.41) is 8.74. The topological polar surface area (TPSA) is 48.5 Å². The molecule has 2 aliphatic rings. The lowest BCUT2D eigenvalue weighted by Crippen LogP contribution is -2.44. The highest BCUT2D eigenvalue weighted by atomic mass is 32.1. The number of aryl methyl sites for hydroxylation is 1. The van der Waals surface area contributed by atoms with Crippen LogP contribution in [0.2, 0.25) is 0 Å². The first-order valence-electron chi connectivity index (χ1n) is 11.3. The number of thiophene rings is 1. The van der Waals surface area contributed by atoms with Gasteiger partial charge >= 0.3 is 0 Å². The molecule has 164 valence electrons. The molecule has 4 rings (SSSR count). The van der Waals surface area contributed by atoms with Crippen molar-refractivity contribution in [3.63, 3.8) is 0 Å². The van der Waals surface area contributed by atoms with E-state index in [1.165, 1.54) is 17.7 Å². The molecule has 0 saturated carbocycles. The monoisotopic (exact) mass is 446 g/mol. The molecule has 2 aromatic rings. The number of rotatable bonds is 7. The van der Waals surface area contributed by atoms with E-state index in [9.17, 15) is 4.79 Å². The molecule has 5 nitrogen and oxygen atoms in total. The highest BCUT2D eigenvalue weighted by molar-refractivity contribution is 7.10. The lowest BCUT2D eigenvalue weighted by Gasteiger charge is -2.37. The normalized spacial score (nSPS) is 21.0. The summed E-state index contributed by atoms with van der Waals surface area (Å²) < 4.78 is 0. The van der Waals surface area contributed by atoms with Crippen molar-refractivity contribution in [3.05, 3.63) is 38.5 Å². The number of aromatic nitrogens is 1. The van der Waals surface area contributed by atoms with E-state index < -0.39 is 0 Å². The average Bonchev–Trinajstić information content (AvgIpc) is 3.42. The number of hydrogen-bond donors (Lipinski definition) is 1. The number of nitrogens with one attached hydrogen (secondary N) is 1. The summed E-state index contributed by atoms with van der Waals surface area (Å²) in [6.45, 7) is 10.3. The minimum atomic E-state index is 0.142. The molecule has 2 aliphatic heterocycles. The summed E-state index contributed by atoms with van der Waals surface area (Å²) in [6.07, 6.45) is 4.40. The fourth-order valence-corrected chi connectivity index (χ4v) is 6.10. The van der Waals surface area contributed by atoms with E-state index in [0.29, 0.717) is 6.04 Å². The van der Waals surface area contributed by atoms with Crippen LogP contribution in [0.3, 0.4) is 0 Å². The third-order valence-corrected chi connectivity index (χ3v) is 8.41. The van der Waals surface area contributed by atoms with Crippen molar-refractivity contribution >= 4 is 28.6 Å². The van der Waals surface area contributed by atoms with Crippen LogP contribution in [0.15, 0.2) is 22.9 Å². The Labute approximate surface area is 188 Å². The van der Waals surface area contributed by atoms with E-state index in [2.05, 4.69) is 56.8 Å². The zero-order valence-electron chi connectivity index (χ0n) is 18.2. The van der Waals surface area contributed by atoms with Crippen molar-refractivity contribution in [3.8, 4) is 0 Å². The molecular weight excluding hydrogens is 412 g/mol. The highest BCUT2D eigenvalue weighted by Gasteiger charge is 2.29. The van der Waals surface area contributed by atoms with Crippen LogP contribution in [0.5, 0.6) is 0 Å². The molecule has 4 heterocycles. The fourth-order valence-electron chi connectivity index (χ4n) is 4.64. The molecule has 1 unspecified atom stereocenters. The largest absolute Gasteiger partial charge is 0.354 e. The first-order valence-corrected chi connectivity index (χ1v) is 13.0. The van der Waals surface area contributed by atoms with Gasteiger partial charge in [0.05, 0.1) is 16.7 Å². The van der Waals surface area contributed by atoms with Gasteiger partial charge in [0.2, 0.25) is 5.91 Å². The van der Waals surface area contributed by atoms with Crippen LogP contribution in [0.4, 0.5) is 0 Å². The molecule has 2 aromatic heterocycles. The molecule has 0 aliphatic carbocycles. The van der Waals surface area contributed by atoms with Crippen LogP contribution < -0.4 is 5.32 Å². The van der Waals surface area contributed by atoms with Crippen molar-refractivity contribution in [2.45, 2.75) is 52.1 Å². The van der Waals surface area contributed by atoms with Crippen molar-refractivity contribution in [2.24, 2.45) is 11.8 Å². The SMILES string of the molecule is Cc1nc(CN2CCC(C(=O)NCC(c3cccs3)N3CCC(C)CC3)CC2)cs1. The standard InChI is InChI=1S/C23H34N4OS2/c1-17-5-11-27(12-6-17)21(22-4-3-13-29-22)14-24-23(28)19-7-9-26(10-8-19)15-20-16-30-18(2)25-20/h3-4,13,16-17,19,21H,5-12,14-15H2,1-2H3,(H,24,28). The summed E-state index contributed by atoms with van der Waals surface area (Å²) >= 11 is 3.52. The Morgan fingerprint density at radius 1 is 1.20 bits per heavy atom. The predicted octanol–water partition coefficient (Wildman–Crippen LogP) is 4.31. The first-order chi connectivity index (χ1) is 14.6. The number of thiazole rings is 1. The second kappa shape index (κ2) is 10.4. The van der Waals surface area contributed by atoms with E-state index in [1.807, 2.05) is 11.3 Å². The Morgan fingerprint density at radius 2 is 1.97 bits per heavy atom. The molecule has 2 fully saturated rings. The third-order valence-electron chi connectivity index (χ3n) is 6.61. The number of carbonyl (C=O) groups is 1. The second-order valence-electron chi connectivity index (χ2n) is 8.90. The number of likely N-dealkylation sites (tertiary alicyclic amines) is 2. The van der Waals surface area contributed by atoms with Crippen molar-refractivity contribution in [1.82, 2.24) is 20.1 Å². The van der Waals surface area contributed by atoms with Gasteiger partial charge < -0.3 is 5.32 Å². The van der Waals surface area contributed by atoms with E-state index in [1.54, 1.807) is 11.3 Å². The summed E-state index contributed by atoms with van der Waals surface area (Å²) in [5.74, 6) is 1.20. The lowest BCUT2D eigenvalue weighted by atomic mass is 9.95. The van der Waals surface area contributed by atoms with E-state index in [-0.39, 0.29) is 11.8 Å². The summed E-state index contributed by atoms with van der Waals surface area (Å²) in [5.41, 5.74) is 1.16. The van der Waals surface area contributed by atoms with Crippen LogP contribution >= 0.6 is 22.7 Å². The molecule has 7 heteroatoms. The summed E-state index contributed by atoms with van der Waals surface area (Å²) in [4.78, 5) is 23.9. The Kier molecular flexibility index (Phi) is 7.57. The minimum Gasteiger partial charge on any atom is -0.354 e. The van der Waals surface area contributed by atoms with Gasteiger partial charge in [-0.1, -0.05) is 13.0 Å². The zero-order chi connectivity index (χ0) is 20.9. The first kappa shape index (κ1) is 21.9. The molecule has 0 radical (unpaired) electrons. The quantitative estimate of drug-likeness (QED) is 0.688. The summed E-state index contributed by atoms with van der Waals surface area (Å²) in [6, 6.07) is 4.66. The smallest absolute Gasteiger partial charge is 0.223 e. The molecule has 1 amide bonds. The van der Waals surface area contributed by atoms with Gasteiger partial charge in [-0.25, -0.2) is 4.98 Å². The van der Waals surface area contributed by atoms with Crippen molar-refractivity contribution in [1.29, 1.82) is 0 Å². The van der Waals surface area contributed by atoms with Gasteiger partial charge in [-0.2, -0.15) is 0 Å². The van der Waals surface area contributed by atoms with Crippen LogP contribution in [0, 0.1) is 18.8 Å². The number of amides is 1. The predicted molar refractivity (Wildman–Crippen MR) is 125 cm³/mol. The number of nitrogens with zero attached hydrogens (tertiary/aromatic N) is 3. The van der Waals surface area contributed by atoms with Gasteiger partial charge in [-0.15, -0.1) is 22.7 Å². The fraction of sp³-hybridized carbons (Fsp3) is 0.652. The van der Waals surface area contributed by atoms with E-state index >= 15 is 0 Å². The Balaban J connectivity index is 1.26. The van der Waals surface area contributed by atoms with Crippen LogP contribution in [-0.4, -0.2) is 53.4 Å². The molecular formula is C23H34N4OS2. The maximum atomic E-state index is 12.9. The maximum Gasteiger partial charge on any atom is 0.223 e. The van der Waals surface area contributed by atoms with Gasteiger partial charge in [0.1, 0.15) is 0 Å². The van der Waals surface area contributed by atoms with E-state index in [4.69, 9.17) is 0 Å². The number of carbonyl (C=O) groups excluding carboxylic acids is 1. The molecule has 1 N–H and O–H groups in total. The van der Waals surface area contributed by atoms with Crippen LogP contribution in [-0.2, 0) is 11.3 Å². The Bertz CT molecular complexity index is 790. The zero-order valence-corrected chi connectivity index (χ0v) is 19.8. The average molecular weight is 447 g/mol. The van der Waals surface area contributed by atoms with Gasteiger partial charge in [-0.3, -0.25) is 14.6 Å². The number of hydrogen-bond acceptors (Lipinski definition) is 6. The van der Waals surface area contributed by atoms with Gasteiger partial charge in [0.15, 0.2) is 0 Å². The molecule has 1 atom stereocenters. The lowest BCUT2D eigenvalue weighted by molar-refractivity contribution is -0.126.